The highest BCUT2D eigenvalue weighted by molar-refractivity contribution is 6.80. The molecule has 2 aliphatic carbocycles. The summed E-state index contributed by atoms with van der Waals surface area (Å²) in [5.41, 5.74) is 1.53. The molecule has 0 radical (unpaired) electrons. The van der Waals surface area contributed by atoms with Crippen molar-refractivity contribution in [1.29, 1.82) is 0 Å². The van der Waals surface area contributed by atoms with Crippen molar-refractivity contribution in [1.82, 2.24) is 0 Å². The van der Waals surface area contributed by atoms with E-state index in [1.807, 2.05) is 0 Å². The Morgan fingerprint density at radius 3 is 2.58 bits per heavy atom. The number of hydrogen-bond donors (Lipinski definition) is 0. The van der Waals surface area contributed by atoms with Crippen LogP contribution in [0.2, 0.25) is 24.7 Å². The Morgan fingerprint density at radius 2 is 1.89 bits per heavy atom. The van der Waals surface area contributed by atoms with Crippen molar-refractivity contribution < 1.29 is 0 Å². The molecule has 0 amide bonds. The number of fused-ring (bicyclic) bond motifs is 1. The molecule has 2 saturated carbocycles. The van der Waals surface area contributed by atoms with Crippen molar-refractivity contribution in [2.24, 2.45) is 11.8 Å². The third-order valence-electron chi connectivity index (χ3n) is 6.04. The molecule has 0 aromatic heterocycles. The molecule has 3 rings (SSSR count). The Labute approximate surface area is 119 Å². The standard InChI is InChI=1S/C18H28Si/c1-19(2,3)18-13-7-10-16(17(18)14-18)12-11-15-8-5-4-6-9-15/h4-6,8-9,16-17H,7,10-14H2,1-3H3. The second-order valence-electron chi connectivity index (χ2n) is 7.89. The summed E-state index contributed by atoms with van der Waals surface area (Å²) in [7, 11) is -0.957. The van der Waals surface area contributed by atoms with E-state index in [9.17, 15) is 0 Å². The van der Waals surface area contributed by atoms with Gasteiger partial charge in [-0.25, -0.2) is 0 Å². The fourth-order valence-corrected chi connectivity index (χ4v) is 7.81. The van der Waals surface area contributed by atoms with E-state index in [0.717, 1.165) is 16.9 Å². The van der Waals surface area contributed by atoms with Crippen LogP contribution in [0.5, 0.6) is 0 Å². The van der Waals surface area contributed by atoms with Gasteiger partial charge < -0.3 is 0 Å². The van der Waals surface area contributed by atoms with Gasteiger partial charge in [-0.2, -0.15) is 0 Å². The third-order valence-corrected chi connectivity index (χ3v) is 9.85. The first-order chi connectivity index (χ1) is 9.03. The first kappa shape index (κ1) is 13.4. The quantitative estimate of drug-likeness (QED) is 0.633. The van der Waals surface area contributed by atoms with E-state index >= 15 is 0 Å². The van der Waals surface area contributed by atoms with Gasteiger partial charge in [0.1, 0.15) is 0 Å². The molecule has 0 bridgehead atoms. The Balaban J connectivity index is 1.62. The van der Waals surface area contributed by atoms with Crippen molar-refractivity contribution in [2.75, 3.05) is 0 Å². The van der Waals surface area contributed by atoms with Crippen molar-refractivity contribution >= 4 is 8.07 Å². The Hall–Kier alpha value is -0.563. The molecule has 0 N–H and O–H groups in total. The molecule has 2 fully saturated rings. The van der Waals surface area contributed by atoms with Crippen LogP contribution >= 0.6 is 0 Å². The van der Waals surface area contributed by atoms with Crippen molar-refractivity contribution in [3.63, 3.8) is 0 Å². The molecular formula is C18H28Si. The van der Waals surface area contributed by atoms with Crippen LogP contribution in [-0.4, -0.2) is 8.07 Å². The molecule has 0 spiro atoms. The minimum atomic E-state index is -0.957. The van der Waals surface area contributed by atoms with Crippen LogP contribution in [0, 0.1) is 11.8 Å². The number of benzene rings is 1. The fraction of sp³-hybridized carbons (Fsp3) is 0.667. The summed E-state index contributed by atoms with van der Waals surface area (Å²) in [6.07, 6.45) is 8.85. The smallest absolute Gasteiger partial charge is 0.0509 e. The predicted molar refractivity (Wildman–Crippen MR) is 86.3 cm³/mol. The van der Waals surface area contributed by atoms with E-state index in [1.54, 1.807) is 12.8 Å². The molecule has 1 aromatic rings. The van der Waals surface area contributed by atoms with E-state index in [-0.39, 0.29) is 0 Å². The Kier molecular flexibility index (Phi) is 3.37. The van der Waals surface area contributed by atoms with Gasteiger partial charge in [0.25, 0.3) is 0 Å². The molecule has 1 heteroatoms. The molecule has 104 valence electrons. The summed E-state index contributed by atoms with van der Waals surface area (Å²) in [5, 5.41) is 0.840. The molecule has 19 heavy (non-hydrogen) atoms. The van der Waals surface area contributed by atoms with Crippen LogP contribution in [0.1, 0.15) is 37.7 Å². The second kappa shape index (κ2) is 4.77. The minimum absolute atomic E-state index is 0.840. The van der Waals surface area contributed by atoms with Crippen LogP contribution in [0.25, 0.3) is 0 Å². The lowest BCUT2D eigenvalue weighted by molar-refractivity contribution is 0.319. The zero-order chi connectivity index (χ0) is 13.5. The summed E-state index contributed by atoms with van der Waals surface area (Å²) in [4.78, 5) is 0. The largest absolute Gasteiger partial charge is 0.0691 e. The molecule has 2 aliphatic rings. The summed E-state index contributed by atoms with van der Waals surface area (Å²) >= 11 is 0. The number of rotatable bonds is 4. The second-order valence-corrected chi connectivity index (χ2v) is 13.4. The third kappa shape index (κ3) is 2.42. The van der Waals surface area contributed by atoms with E-state index in [2.05, 4.69) is 50.0 Å². The monoisotopic (exact) mass is 272 g/mol. The Morgan fingerprint density at radius 1 is 1.16 bits per heavy atom. The lowest BCUT2D eigenvalue weighted by atomic mass is 9.84. The van der Waals surface area contributed by atoms with Crippen LogP contribution in [0.15, 0.2) is 30.3 Å². The van der Waals surface area contributed by atoms with Gasteiger partial charge in [0.2, 0.25) is 0 Å². The highest BCUT2D eigenvalue weighted by atomic mass is 28.3. The van der Waals surface area contributed by atoms with E-state index < -0.39 is 8.07 Å². The van der Waals surface area contributed by atoms with E-state index in [4.69, 9.17) is 0 Å². The molecule has 1 aromatic carbocycles. The average Bonchev–Trinajstić information content (AvgIpc) is 3.13. The zero-order valence-corrected chi connectivity index (χ0v) is 13.8. The van der Waals surface area contributed by atoms with Gasteiger partial charge in [-0.3, -0.25) is 0 Å². The molecule has 0 nitrogen and oxygen atoms in total. The SMILES string of the molecule is C[Si](C)(C)C12CCCC(CCc3ccccc3)C1C2. The summed E-state index contributed by atoms with van der Waals surface area (Å²) < 4.78 is 0. The fourth-order valence-electron chi connectivity index (χ4n) is 4.70. The Bertz CT molecular complexity index is 431. The molecular weight excluding hydrogens is 244 g/mol. The van der Waals surface area contributed by atoms with Crippen molar-refractivity contribution in [3.05, 3.63) is 35.9 Å². The van der Waals surface area contributed by atoms with Crippen LogP contribution < -0.4 is 0 Å². The minimum Gasteiger partial charge on any atom is -0.0691 e. The summed E-state index contributed by atoms with van der Waals surface area (Å²) in [6, 6.07) is 11.1. The maximum atomic E-state index is 2.60. The van der Waals surface area contributed by atoms with Gasteiger partial charge in [-0.1, -0.05) is 62.8 Å². The van der Waals surface area contributed by atoms with Gasteiger partial charge in [-0.05, 0) is 48.1 Å². The summed E-state index contributed by atoms with van der Waals surface area (Å²) in [5.74, 6) is 2.12. The lowest BCUT2D eigenvalue weighted by Gasteiger charge is -2.37. The molecule has 3 atom stereocenters. The van der Waals surface area contributed by atoms with E-state index in [0.29, 0.717) is 0 Å². The first-order valence-corrected chi connectivity index (χ1v) is 11.6. The van der Waals surface area contributed by atoms with Crippen LogP contribution in [0.3, 0.4) is 0 Å². The highest BCUT2D eigenvalue weighted by Gasteiger charge is 2.64. The highest BCUT2D eigenvalue weighted by Crippen LogP contribution is 2.74. The zero-order valence-electron chi connectivity index (χ0n) is 12.8. The molecule has 3 unspecified atom stereocenters. The normalized spacial score (nSPS) is 33.8. The number of hydrogen-bond acceptors (Lipinski definition) is 0. The maximum Gasteiger partial charge on any atom is 0.0509 e. The van der Waals surface area contributed by atoms with Crippen molar-refractivity contribution in [3.8, 4) is 0 Å². The topological polar surface area (TPSA) is 0 Å². The molecule has 0 aliphatic heterocycles. The number of aryl methyl sites for hydroxylation is 1. The first-order valence-electron chi connectivity index (χ1n) is 8.07. The van der Waals surface area contributed by atoms with Gasteiger partial charge in [0.15, 0.2) is 0 Å². The van der Waals surface area contributed by atoms with Gasteiger partial charge in [-0.15, -0.1) is 0 Å². The van der Waals surface area contributed by atoms with Gasteiger partial charge >= 0.3 is 0 Å². The van der Waals surface area contributed by atoms with Gasteiger partial charge in [0.05, 0.1) is 8.07 Å². The average molecular weight is 273 g/mol. The summed E-state index contributed by atoms with van der Waals surface area (Å²) in [6.45, 7) is 7.81. The van der Waals surface area contributed by atoms with Gasteiger partial charge in [0, 0.05) is 0 Å². The van der Waals surface area contributed by atoms with Crippen LogP contribution in [0.4, 0.5) is 0 Å². The molecule has 0 saturated heterocycles. The van der Waals surface area contributed by atoms with E-state index in [1.165, 1.54) is 31.2 Å². The molecule has 0 heterocycles. The lowest BCUT2D eigenvalue weighted by Crippen LogP contribution is -2.34. The maximum absolute atomic E-state index is 2.60. The predicted octanol–water partition coefficient (Wildman–Crippen LogP) is 5.52. The van der Waals surface area contributed by atoms with Crippen LogP contribution in [-0.2, 0) is 6.42 Å². The van der Waals surface area contributed by atoms with Crippen molar-refractivity contribution in [2.45, 2.75) is 63.2 Å².